The van der Waals surface area contributed by atoms with Gasteiger partial charge in [0.05, 0.1) is 24.0 Å². The van der Waals surface area contributed by atoms with E-state index < -0.39 is 5.97 Å². The Balaban J connectivity index is 1.74. The van der Waals surface area contributed by atoms with Crippen molar-refractivity contribution in [3.8, 4) is 5.75 Å². The lowest BCUT2D eigenvalue weighted by atomic mass is 10.1. The third-order valence-electron chi connectivity index (χ3n) is 4.90. The van der Waals surface area contributed by atoms with Gasteiger partial charge in [-0.25, -0.2) is 4.79 Å². The molecule has 2 aromatic carbocycles. The molecule has 0 saturated carbocycles. The van der Waals surface area contributed by atoms with Gasteiger partial charge in [-0.2, -0.15) is 0 Å². The Kier molecular flexibility index (Phi) is 6.03. The number of carbonyl (C=O) groups is 2. The van der Waals surface area contributed by atoms with Crippen molar-refractivity contribution < 1.29 is 19.4 Å². The number of amides is 1. The number of piperazine rings is 1. The lowest BCUT2D eigenvalue weighted by Gasteiger charge is -2.38. The number of hydrogen-bond acceptors (Lipinski definition) is 5. The first-order chi connectivity index (χ1) is 13.5. The number of rotatable bonds is 6. The molecule has 1 fully saturated rings. The van der Waals surface area contributed by atoms with Crippen molar-refractivity contribution in [3.05, 3.63) is 48.0 Å². The molecule has 1 aliphatic heterocycles. The Morgan fingerprint density at radius 3 is 2.39 bits per heavy atom. The van der Waals surface area contributed by atoms with Crippen LogP contribution in [0.25, 0.3) is 0 Å². The van der Waals surface area contributed by atoms with Crippen LogP contribution in [0, 0.1) is 0 Å². The molecule has 0 aromatic heterocycles. The highest BCUT2D eigenvalue weighted by molar-refractivity contribution is 6.01. The molecule has 7 nitrogen and oxygen atoms in total. The third-order valence-corrected chi connectivity index (χ3v) is 4.90. The van der Waals surface area contributed by atoms with Crippen molar-refractivity contribution in [1.82, 2.24) is 0 Å². The summed E-state index contributed by atoms with van der Waals surface area (Å²) in [7, 11) is 1.67. The van der Waals surface area contributed by atoms with Crippen LogP contribution in [0.3, 0.4) is 0 Å². The zero-order valence-electron chi connectivity index (χ0n) is 16.1. The molecule has 148 valence electrons. The van der Waals surface area contributed by atoms with Gasteiger partial charge in [-0.05, 0) is 30.3 Å². The number of aromatic carboxylic acids is 1. The first-order valence-electron chi connectivity index (χ1n) is 9.33. The summed E-state index contributed by atoms with van der Waals surface area (Å²) in [6.45, 7) is 4.86. The van der Waals surface area contributed by atoms with Crippen molar-refractivity contribution >= 4 is 28.9 Å². The number of methoxy groups -OCH3 is 1. The van der Waals surface area contributed by atoms with E-state index in [0.29, 0.717) is 12.1 Å². The first kappa shape index (κ1) is 19.5. The quantitative estimate of drug-likeness (QED) is 0.798. The van der Waals surface area contributed by atoms with Gasteiger partial charge in [-0.1, -0.05) is 19.1 Å². The number of nitrogens with one attached hydrogen (secondary N) is 1. The van der Waals surface area contributed by atoms with E-state index >= 15 is 0 Å². The summed E-state index contributed by atoms with van der Waals surface area (Å²) in [6, 6.07) is 13.1. The minimum absolute atomic E-state index is 0.103. The maximum Gasteiger partial charge on any atom is 0.337 e. The van der Waals surface area contributed by atoms with Crippen LogP contribution in [0.5, 0.6) is 5.75 Å². The largest absolute Gasteiger partial charge is 0.495 e. The Hall–Kier alpha value is -3.22. The number of anilines is 3. The average Bonchev–Trinajstić information content (AvgIpc) is 2.73. The van der Waals surface area contributed by atoms with Crippen LogP contribution in [0.2, 0.25) is 0 Å². The summed E-state index contributed by atoms with van der Waals surface area (Å²) in [6.07, 6.45) is 0.297. The Labute approximate surface area is 164 Å². The molecule has 0 bridgehead atoms. The van der Waals surface area contributed by atoms with Gasteiger partial charge in [-0.3, -0.25) is 4.79 Å². The van der Waals surface area contributed by atoms with Crippen molar-refractivity contribution in [2.45, 2.75) is 13.3 Å². The van der Waals surface area contributed by atoms with Gasteiger partial charge in [0.15, 0.2) is 0 Å². The zero-order valence-corrected chi connectivity index (χ0v) is 16.1. The standard InChI is InChI=1S/C21H25N3O4/c1-3-20(25)22-17-9-8-15(14-16(17)21(26)27)23-10-12-24(13-11-23)18-6-4-5-7-19(18)28-2/h4-9,14H,3,10-13H2,1-2H3,(H,22,25)(H,26,27). The normalized spacial score (nSPS) is 13.9. The fourth-order valence-electron chi connectivity index (χ4n) is 3.35. The number of ether oxygens (including phenoxy) is 1. The van der Waals surface area contributed by atoms with E-state index in [1.807, 2.05) is 30.3 Å². The van der Waals surface area contributed by atoms with E-state index in [4.69, 9.17) is 4.74 Å². The second-order valence-electron chi connectivity index (χ2n) is 6.58. The van der Waals surface area contributed by atoms with Gasteiger partial charge in [-0.15, -0.1) is 0 Å². The molecule has 1 aliphatic rings. The number of hydrogen-bond donors (Lipinski definition) is 2. The molecule has 0 unspecified atom stereocenters. The fraction of sp³-hybridized carbons (Fsp3) is 0.333. The number of para-hydroxylation sites is 2. The third kappa shape index (κ3) is 4.19. The second-order valence-corrected chi connectivity index (χ2v) is 6.58. The lowest BCUT2D eigenvalue weighted by molar-refractivity contribution is -0.115. The first-order valence-corrected chi connectivity index (χ1v) is 9.33. The highest BCUT2D eigenvalue weighted by Crippen LogP contribution is 2.30. The molecule has 0 radical (unpaired) electrons. The number of carbonyl (C=O) groups excluding carboxylic acids is 1. The highest BCUT2D eigenvalue weighted by atomic mass is 16.5. The van der Waals surface area contributed by atoms with Gasteiger partial charge in [0.1, 0.15) is 5.75 Å². The highest BCUT2D eigenvalue weighted by Gasteiger charge is 2.21. The SMILES string of the molecule is CCC(=O)Nc1ccc(N2CCN(c3ccccc3OC)CC2)cc1C(=O)O. The maximum absolute atomic E-state index is 11.6. The molecular formula is C21H25N3O4. The lowest BCUT2D eigenvalue weighted by Crippen LogP contribution is -2.46. The average molecular weight is 383 g/mol. The summed E-state index contributed by atoms with van der Waals surface area (Å²) in [5, 5.41) is 12.2. The Bertz CT molecular complexity index is 860. The van der Waals surface area contributed by atoms with E-state index in [9.17, 15) is 14.7 Å². The van der Waals surface area contributed by atoms with Gasteiger partial charge < -0.3 is 25.0 Å². The van der Waals surface area contributed by atoms with Crippen LogP contribution in [0.15, 0.2) is 42.5 Å². The van der Waals surface area contributed by atoms with Gasteiger partial charge in [0.25, 0.3) is 0 Å². The molecule has 0 aliphatic carbocycles. The predicted molar refractivity (Wildman–Crippen MR) is 110 cm³/mol. The topological polar surface area (TPSA) is 82.1 Å². The molecule has 28 heavy (non-hydrogen) atoms. The van der Waals surface area contributed by atoms with E-state index in [1.54, 1.807) is 26.2 Å². The molecule has 2 N–H and O–H groups in total. The van der Waals surface area contributed by atoms with Gasteiger partial charge in [0, 0.05) is 38.3 Å². The molecule has 1 amide bonds. The number of carboxylic acid groups (broad SMARTS) is 1. The summed E-state index contributed by atoms with van der Waals surface area (Å²) < 4.78 is 5.45. The van der Waals surface area contributed by atoms with Crippen LogP contribution >= 0.6 is 0 Å². The van der Waals surface area contributed by atoms with Crippen LogP contribution in [0.1, 0.15) is 23.7 Å². The molecule has 1 heterocycles. The molecule has 1 saturated heterocycles. The summed E-state index contributed by atoms with van der Waals surface area (Å²) >= 11 is 0. The van der Waals surface area contributed by atoms with Crippen molar-refractivity contribution in [3.63, 3.8) is 0 Å². The number of benzene rings is 2. The summed E-state index contributed by atoms with van der Waals surface area (Å²) in [4.78, 5) is 27.7. The van der Waals surface area contributed by atoms with E-state index in [0.717, 1.165) is 43.3 Å². The van der Waals surface area contributed by atoms with E-state index in [2.05, 4.69) is 15.1 Å². The smallest absolute Gasteiger partial charge is 0.337 e. The van der Waals surface area contributed by atoms with E-state index in [-0.39, 0.29) is 11.5 Å². The van der Waals surface area contributed by atoms with Gasteiger partial charge >= 0.3 is 5.97 Å². The van der Waals surface area contributed by atoms with Crippen molar-refractivity contribution in [2.75, 3.05) is 48.4 Å². The second kappa shape index (κ2) is 8.65. The molecular weight excluding hydrogens is 358 g/mol. The van der Waals surface area contributed by atoms with Crippen LogP contribution in [-0.2, 0) is 4.79 Å². The van der Waals surface area contributed by atoms with Crippen molar-refractivity contribution in [2.24, 2.45) is 0 Å². The molecule has 3 rings (SSSR count). The Morgan fingerprint density at radius 2 is 1.75 bits per heavy atom. The minimum Gasteiger partial charge on any atom is -0.495 e. The fourth-order valence-corrected chi connectivity index (χ4v) is 3.35. The minimum atomic E-state index is -1.05. The number of nitrogens with zero attached hydrogens (tertiary/aromatic N) is 2. The molecule has 0 atom stereocenters. The van der Waals surface area contributed by atoms with Gasteiger partial charge in [0.2, 0.25) is 5.91 Å². The Morgan fingerprint density at radius 1 is 1.07 bits per heavy atom. The summed E-state index contributed by atoms with van der Waals surface area (Å²) in [5.74, 6) is -0.415. The maximum atomic E-state index is 11.6. The summed E-state index contributed by atoms with van der Waals surface area (Å²) in [5.41, 5.74) is 2.34. The monoisotopic (exact) mass is 383 g/mol. The van der Waals surface area contributed by atoms with Crippen LogP contribution in [-0.4, -0.2) is 50.3 Å². The zero-order chi connectivity index (χ0) is 20.1. The van der Waals surface area contributed by atoms with Crippen LogP contribution < -0.4 is 19.9 Å². The molecule has 2 aromatic rings. The predicted octanol–water partition coefficient (Wildman–Crippen LogP) is 3.07. The van der Waals surface area contributed by atoms with E-state index in [1.165, 1.54) is 0 Å². The molecule has 7 heteroatoms. The molecule has 0 spiro atoms. The van der Waals surface area contributed by atoms with Crippen molar-refractivity contribution in [1.29, 1.82) is 0 Å². The van der Waals surface area contributed by atoms with Crippen LogP contribution in [0.4, 0.5) is 17.1 Å². The number of carboxylic acids is 1.